The topological polar surface area (TPSA) is 43.4 Å². The molecule has 0 aliphatic heterocycles. The van der Waals surface area contributed by atoms with Gasteiger partial charge in [-0.05, 0) is 69.9 Å². The van der Waals surface area contributed by atoms with Gasteiger partial charge in [-0.1, -0.05) is 13.8 Å². The molecular weight excluding hydrogens is 369 g/mol. The zero-order valence-corrected chi connectivity index (χ0v) is 17.1. The summed E-state index contributed by atoms with van der Waals surface area (Å²) in [5.74, 6) is 0.646. The maximum atomic E-state index is 12.5. The van der Waals surface area contributed by atoms with Crippen molar-refractivity contribution >= 4 is 5.69 Å². The first kappa shape index (κ1) is 21.9. The first-order chi connectivity index (χ1) is 13.0. The molecule has 0 atom stereocenters. The monoisotopic (exact) mass is 396 g/mol. The predicted octanol–water partition coefficient (Wildman–Crippen LogP) is 6.61. The van der Waals surface area contributed by atoms with Gasteiger partial charge in [-0.2, -0.15) is 0 Å². The van der Waals surface area contributed by atoms with Crippen LogP contribution in [0.25, 0.3) is 0 Å². The number of aromatic nitrogens is 1. The third-order valence-corrected chi connectivity index (χ3v) is 4.57. The number of ether oxygens (including phenoxy) is 2. The lowest BCUT2D eigenvalue weighted by atomic mass is 10.1. The van der Waals surface area contributed by atoms with Crippen LogP contribution in [0.3, 0.4) is 0 Å². The molecule has 0 amide bonds. The van der Waals surface area contributed by atoms with E-state index in [-0.39, 0.29) is 5.75 Å². The Morgan fingerprint density at radius 3 is 2.07 bits per heavy atom. The summed E-state index contributed by atoms with van der Waals surface area (Å²) in [5, 5.41) is 3.51. The Morgan fingerprint density at radius 1 is 1.00 bits per heavy atom. The van der Waals surface area contributed by atoms with Crippen LogP contribution in [-0.4, -0.2) is 17.4 Å². The highest BCUT2D eigenvalue weighted by Crippen LogP contribution is 2.36. The van der Waals surface area contributed by atoms with Crippen LogP contribution >= 0.6 is 0 Å². The molecule has 0 aliphatic carbocycles. The highest BCUT2D eigenvalue weighted by Gasteiger charge is 2.31. The van der Waals surface area contributed by atoms with Gasteiger partial charge in [0, 0.05) is 23.0 Å². The molecule has 1 aromatic heterocycles. The zero-order chi connectivity index (χ0) is 21.1. The van der Waals surface area contributed by atoms with Crippen molar-refractivity contribution < 1.29 is 22.6 Å². The predicted molar refractivity (Wildman–Crippen MR) is 104 cm³/mol. The Labute approximate surface area is 164 Å². The number of nitrogens with one attached hydrogen (secondary N) is 1. The van der Waals surface area contributed by atoms with Gasteiger partial charge in [0.25, 0.3) is 0 Å². The molecule has 7 heteroatoms. The summed E-state index contributed by atoms with van der Waals surface area (Å²) in [6, 6.07) is 4.94. The molecule has 0 fully saturated rings. The number of hydrogen-bond donors (Lipinski definition) is 1. The van der Waals surface area contributed by atoms with Crippen molar-refractivity contribution in [3.8, 4) is 17.4 Å². The fourth-order valence-electron chi connectivity index (χ4n) is 3.03. The smallest absolute Gasteiger partial charge is 0.438 e. The number of hydrogen-bond acceptors (Lipinski definition) is 4. The van der Waals surface area contributed by atoms with Crippen molar-refractivity contribution in [3.63, 3.8) is 0 Å². The van der Waals surface area contributed by atoms with Gasteiger partial charge in [0.15, 0.2) is 0 Å². The lowest BCUT2D eigenvalue weighted by Gasteiger charge is -2.21. The van der Waals surface area contributed by atoms with Crippen LogP contribution in [0.4, 0.5) is 18.9 Å². The van der Waals surface area contributed by atoms with E-state index in [9.17, 15) is 13.2 Å². The van der Waals surface area contributed by atoms with Gasteiger partial charge in [-0.3, -0.25) is 0 Å². The van der Waals surface area contributed by atoms with Gasteiger partial charge in [-0.15, -0.1) is 13.2 Å². The first-order valence-corrected chi connectivity index (χ1v) is 9.33. The van der Waals surface area contributed by atoms with E-state index < -0.39 is 6.36 Å². The molecule has 2 aromatic rings. The van der Waals surface area contributed by atoms with Crippen molar-refractivity contribution in [1.29, 1.82) is 0 Å². The van der Waals surface area contributed by atoms with Crippen molar-refractivity contribution in [2.24, 2.45) is 0 Å². The number of pyridine rings is 1. The summed E-state index contributed by atoms with van der Waals surface area (Å²) in [5.41, 5.74) is 3.67. The van der Waals surface area contributed by atoms with Gasteiger partial charge in [0.05, 0.1) is 0 Å². The summed E-state index contributed by atoms with van der Waals surface area (Å²) < 4.78 is 47.5. The molecular formula is C21H27F3N2O2. The Morgan fingerprint density at radius 2 is 1.57 bits per heavy atom. The third-order valence-electron chi connectivity index (χ3n) is 4.57. The van der Waals surface area contributed by atoms with Gasteiger partial charge in [-0.25, -0.2) is 4.98 Å². The molecule has 1 aromatic carbocycles. The Kier molecular flexibility index (Phi) is 6.80. The maximum Gasteiger partial charge on any atom is 0.573 e. The van der Waals surface area contributed by atoms with E-state index in [2.05, 4.69) is 28.9 Å². The molecule has 0 saturated heterocycles. The lowest BCUT2D eigenvalue weighted by Crippen LogP contribution is -2.18. The van der Waals surface area contributed by atoms with E-state index in [0.717, 1.165) is 29.8 Å². The highest BCUT2D eigenvalue weighted by molar-refractivity contribution is 5.57. The molecule has 0 unspecified atom stereocenters. The van der Waals surface area contributed by atoms with Crippen molar-refractivity contribution in [3.05, 3.63) is 40.6 Å². The number of anilines is 1. The molecule has 0 aliphatic rings. The van der Waals surface area contributed by atoms with Gasteiger partial charge in [0.2, 0.25) is 5.88 Å². The summed E-state index contributed by atoms with van der Waals surface area (Å²) in [4.78, 5) is 4.48. The molecule has 4 nitrogen and oxygen atoms in total. The number of benzene rings is 1. The van der Waals surface area contributed by atoms with E-state index in [1.54, 1.807) is 13.8 Å². The van der Waals surface area contributed by atoms with Gasteiger partial charge < -0.3 is 14.8 Å². The summed E-state index contributed by atoms with van der Waals surface area (Å²) in [6.45, 7) is 11.4. The second-order valence-electron chi connectivity index (χ2n) is 6.94. The van der Waals surface area contributed by atoms with Crippen LogP contribution in [0.2, 0.25) is 0 Å². The largest absolute Gasteiger partial charge is 0.573 e. The fourth-order valence-corrected chi connectivity index (χ4v) is 3.03. The van der Waals surface area contributed by atoms with E-state index in [1.165, 1.54) is 12.1 Å². The average Bonchev–Trinajstić information content (AvgIpc) is 2.57. The van der Waals surface area contributed by atoms with Crippen molar-refractivity contribution in [1.82, 2.24) is 4.98 Å². The summed E-state index contributed by atoms with van der Waals surface area (Å²) in [6.07, 6.45) is -2.75. The Hall–Kier alpha value is -2.44. The SMILES string of the molecule is CCC(CC)Nc1cc(C)nc(Oc2c(C)cc(OC(F)(F)F)cc2C)c1C. The molecule has 0 spiro atoms. The number of nitrogens with zero attached hydrogens (tertiary/aromatic N) is 1. The number of rotatable bonds is 7. The number of halogens is 3. The molecule has 0 radical (unpaired) electrons. The van der Waals surface area contributed by atoms with Gasteiger partial charge >= 0.3 is 6.36 Å². The van der Waals surface area contributed by atoms with Crippen LogP contribution in [0.15, 0.2) is 18.2 Å². The van der Waals surface area contributed by atoms with Crippen molar-refractivity contribution in [2.75, 3.05) is 5.32 Å². The second kappa shape index (κ2) is 8.71. The molecule has 1 N–H and O–H groups in total. The molecule has 154 valence electrons. The Balaban J connectivity index is 2.36. The number of aryl methyl sites for hydroxylation is 3. The first-order valence-electron chi connectivity index (χ1n) is 9.33. The third kappa shape index (κ3) is 5.53. The van der Waals surface area contributed by atoms with Crippen LogP contribution in [0, 0.1) is 27.7 Å². The lowest BCUT2D eigenvalue weighted by molar-refractivity contribution is -0.274. The zero-order valence-electron chi connectivity index (χ0n) is 17.1. The van der Waals surface area contributed by atoms with Crippen LogP contribution in [-0.2, 0) is 0 Å². The number of alkyl halides is 3. The maximum absolute atomic E-state index is 12.5. The van der Waals surface area contributed by atoms with E-state index in [4.69, 9.17) is 4.74 Å². The minimum atomic E-state index is -4.73. The fraction of sp³-hybridized carbons (Fsp3) is 0.476. The molecule has 28 heavy (non-hydrogen) atoms. The van der Waals surface area contributed by atoms with Crippen LogP contribution in [0.1, 0.15) is 49.1 Å². The van der Waals surface area contributed by atoms with E-state index in [1.807, 2.05) is 19.9 Å². The normalized spacial score (nSPS) is 11.6. The van der Waals surface area contributed by atoms with E-state index in [0.29, 0.717) is 28.8 Å². The van der Waals surface area contributed by atoms with E-state index >= 15 is 0 Å². The summed E-state index contributed by atoms with van der Waals surface area (Å²) >= 11 is 0. The van der Waals surface area contributed by atoms with Gasteiger partial charge in [0.1, 0.15) is 11.5 Å². The second-order valence-corrected chi connectivity index (χ2v) is 6.94. The molecule has 0 bridgehead atoms. The highest BCUT2D eigenvalue weighted by atomic mass is 19.4. The van der Waals surface area contributed by atoms with Crippen LogP contribution in [0.5, 0.6) is 17.4 Å². The summed E-state index contributed by atoms with van der Waals surface area (Å²) in [7, 11) is 0. The average molecular weight is 396 g/mol. The minimum absolute atomic E-state index is 0.264. The quantitative estimate of drug-likeness (QED) is 0.572. The molecule has 0 saturated carbocycles. The minimum Gasteiger partial charge on any atom is -0.438 e. The molecule has 2 rings (SSSR count). The Bertz CT molecular complexity index is 808. The standard InChI is InChI=1S/C21H27F3N2O2/c1-7-16(8-2)26-18-11-14(5)25-20(15(18)6)27-19-12(3)9-17(10-13(19)4)28-21(22,23)24/h9-11,16H,7-8H2,1-6H3,(H,25,26). The van der Waals surface area contributed by atoms with Crippen molar-refractivity contribution in [2.45, 2.75) is 66.8 Å². The van der Waals surface area contributed by atoms with Crippen LogP contribution < -0.4 is 14.8 Å². The molecule has 1 heterocycles.